The normalized spacial score (nSPS) is 34.5. The first kappa shape index (κ1) is 16.5. The first-order valence-electron chi connectivity index (χ1n) is 7.44. The maximum Gasteiger partial charge on any atom is 0.347 e. The molecule has 0 amide bonds. The van der Waals surface area contributed by atoms with Crippen molar-refractivity contribution in [3.05, 3.63) is 12.2 Å². The van der Waals surface area contributed by atoms with E-state index < -0.39 is 29.7 Å². The zero-order chi connectivity index (χ0) is 16.7. The van der Waals surface area contributed by atoms with Crippen LogP contribution in [-0.2, 0) is 28.6 Å². The van der Waals surface area contributed by atoms with E-state index >= 15 is 0 Å². The Morgan fingerprint density at radius 1 is 1.45 bits per heavy atom. The lowest BCUT2D eigenvalue weighted by atomic mass is 9.74. The number of carbonyl (C=O) groups is 3. The lowest BCUT2D eigenvalue weighted by Gasteiger charge is -2.39. The van der Waals surface area contributed by atoms with Crippen LogP contribution >= 0.6 is 0 Å². The van der Waals surface area contributed by atoms with E-state index in [1.54, 1.807) is 6.92 Å². The van der Waals surface area contributed by atoms with Gasteiger partial charge in [-0.15, -0.1) is 0 Å². The summed E-state index contributed by atoms with van der Waals surface area (Å²) in [6.07, 6.45) is -0.385. The molecule has 2 aliphatic rings. The fraction of sp³-hybridized carbons (Fsp3) is 0.688. The minimum atomic E-state index is -1.03. The summed E-state index contributed by atoms with van der Waals surface area (Å²) in [5.74, 6) is -1.62. The Hall–Kier alpha value is -1.85. The van der Waals surface area contributed by atoms with E-state index in [4.69, 9.17) is 14.2 Å². The van der Waals surface area contributed by atoms with Crippen LogP contribution in [-0.4, -0.2) is 35.7 Å². The van der Waals surface area contributed by atoms with Crippen molar-refractivity contribution in [2.24, 2.45) is 11.8 Å². The number of rotatable bonds is 4. The number of carbonyl (C=O) groups excluding carboxylic acids is 3. The molecule has 0 N–H and O–H groups in total. The van der Waals surface area contributed by atoms with Gasteiger partial charge in [0.2, 0.25) is 0 Å². The van der Waals surface area contributed by atoms with Gasteiger partial charge in [0.05, 0.1) is 5.92 Å². The van der Waals surface area contributed by atoms with Gasteiger partial charge in [-0.3, -0.25) is 4.79 Å². The molecule has 5 atom stereocenters. The molecule has 1 aliphatic heterocycles. The molecule has 0 spiro atoms. The molecule has 1 heterocycles. The molecule has 1 saturated heterocycles. The summed E-state index contributed by atoms with van der Waals surface area (Å²) in [4.78, 5) is 35.3. The third-order valence-electron chi connectivity index (χ3n) is 4.30. The summed E-state index contributed by atoms with van der Waals surface area (Å²) in [7, 11) is 0. The summed E-state index contributed by atoms with van der Waals surface area (Å²) in [6, 6.07) is 0. The van der Waals surface area contributed by atoms with Gasteiger partial charge in [-0.2, -0.15) is 0 Å². The Bertz CT molecular complexity index is 525. The average molecular weight is 310 g/mol. The topological polar surface area (TPSA) is 78.9 Å². The van der Waals surface area contributed by atoms with Crippen LogP contribution in [0.5, 0.6) is 0 Å². The van der Waals surface area contributed by atoms with Crippen molar-refractivity contribution >= 4 is 17.9 Å². The summed E-state index contributed by atoms with van der Waals surface area (Å²) >= 11 is 0. The fourth-order valence-corrected chi connectivity index (χ4v) is 3.23. The van der Waals surface area contributed by atoms with Gasteiger partial charge in [0, 0.05) is 12.0 Å². The van der Waals surface area contributed by atoms with E-state index in [9.17, 15) is 14.4 Å². The van der Waals surface area contributed by atoms with Crippen LogP contribution in [0.25, 0.3) is 0 Å². The van der Waals surface area contributed by atoms with Crippen LogP contribution < -0.4 is 0 Å². The molecule has 122 valence electrons. The Kier molecular flexibility index (Phi) is 4.31. The molecule has 0 radical (unpaired) electrons. The summed E-state index contributed by atoms with van der Waals surface area (Å²) in [5.41, 5.74) is -0.585. The molecule has 1 saturated carbocycles. The molecule has 5 unspecified atom stereocenters. The Balaban J connectivity index is 2.03. The molecule has 6 nitrogen and oxygen atoms in total. The second kappa shape index (κ2) is 5.74. The molecule has 2 fully saturated rings. The number of hydrogen-bond donors (Lipinski definition) is 0. The quantitative estimate of drug-likeness (QED) is 0.447. The van der Waals surface area contributed by atoms with Gasteiger partial charge < -0.3 is 14.2 Å². The highest BCUT2D eigenvalue weighted by atomic mass is 16.6. The second-order valence-corrected chi connectivity index (χ2v) is 6.53. The van der Waals surface area contributed by atoms with Crippen LogP contribution in [0.4, 0.5) is 0 Å². The number of ether oxygens (including phenoxy) is 3. The molecule has 22 heavy (non-hydrogen) atoms. The van der Waals surface area contributed by atoms with E-state index in [1.807, 2.05) is 6.92 Å². The summed E-state index contributed by atoms with van der Waals surface area (Å²) < 4.78 is 15.9. The van der Waals surface area contributed by atoms with Crippen molar-refractivity contribution in [3.63, 3.8) is 0 Å². The lowest BCUT2D eigenvalue weighted by molar-refractivity contribution is -0.188. The fourth-order valence-electron chi connectivity index (χ4n) is 3.23. The predicted molar refractivity (Wildman–Crippen MR) is 76.6 cm³/mol. The monoisotopic (exact) mass is 310 g/mol. The number of hydrogen-bond acceptors (Lipinski definition) is 6. The maximum atomic E-state index is 12.1. The van der Waals surface area contributed by atoms with Gasteiger partial charge in [0.15, 0.2) is 6.10 Å². The third-order valence-corrected chi connectivity index (χ3v) is 4.30. The van der Waals surface area contributed by atoms with E-state index in [-0.39, 0.29) is 23.4 Å². The highest BCUT2D eigenvalue weighted by Crippen LogP contribution is 2.46. The van der Waals surface area contributed by atoms with Crippen LogP contribution in [0.3, 0.4) is 0 Å². The first-order chi connectivity index (χ1) is 10.1. The van der Waals surface area contributed by atoms with E-state index in [1.165, 1.54) is 13.8 Å². The van der Waals surface area contributed by atoms with Crippen LogP contribution in [0, 0.1) is 11.8 Å². The van der Waals surface area contributed by atoms with Crippen molar-refractivity contribution < 1.29 is 28.6 Å². The standard InChI is InChI=1S/C16H22O6/c1-8(2)13(17)20-10(4)14(18)21-12-9(3)6-11-7-16(12,5)22-15(11)19/h9-12H,1,6-7H2,2-5H3. The van der Waals surface area contributed by atoms with Gasteiger partial charge in [0.1, 0.15) is 11.7 Å². The molecular weight excluding hydrogens is 288 g/mol. The SMILES string of the molecule is C=C(C)C(=O)OC(C)C(=O)OC1C(C)CC2CC1(C)OC2=O. The summed E-state index contributed by atoms with van der Waals surface area (Å²) in [6.45, 7) is 10.1. The Morgan fingerprint density at radius 3 is 2.68 bits per heavy atom. The highest BCUT2D eigenvalue weighted by Gasteiger charge is 2.56. The molecule has 1 aliphatic carbocycles. The van der Waals surface area contributed by atoms with Crippen molar-refractivity contribution in [2.75, 3.05) is 0 Å². The van der Waals surface area contributed by atoms with E-state index in [0.29, 0.717) is 12.8 Å². The maximum absolute atomic E-state index is 12.1. The summed E-state index contributed by atoms with van der Waals surface area (Å²) in [5, 5.41) is 0. The second-order valence-electron chi connectivity index (χ2n) is 6.53. The van der Waals surface area contributed by atoms with Crippen LogP contribution in [0.2, 0.25) is 0 Å². The minimum Gasteiger partial charge on any atom is -0.455 e. The molecule has 2 rings (SSSR count). The molecule has 6 heteroatoms. The van der Waals surface area contributed by atoms with Crippen molar-refractivity contribution in [1.82, 2.24) is 0 Å². The largest absolute Gasteiger partial charge is 0.455 e. The van der Waals surface area contributed by atoms with Crippen molar-refractivity contribution in [3.8, 4) is 0 Å². The smallest absolute Gasteiger partial charge is 0.347 e. The van der Waals surface area contributed by atoms with Crippen molar-refractivity contribution in [2.45, 2.75) is 58.3 Å². The van der Waals surface area contributed by atoms with E-state index in [2.05, 4.69) is 6.58 Å². The van der Waals surface area contributed by atoms with E-state index in [0.717, 1.165) is 0 Å². The van der Waals surface area contributed by atoms with Crippen LogP contribution in [0.1, 0.15) is 40.5 Å². The zero-order valence-corrected chi connectivity index (χ0v) is 13.4. The van der Waals surface area contributed by atoms with Crippen LogP contribution in [0.15, 0.2) is 12.2 Å². The number of fused-ring (bicyclic) bond motifs is 2. The third kappa shape index (κ3) is 3.00. The Labute approximate surface area is 129 Å². The first-order valence-corrected chi connectivity index (χ1v) is 7.44. The lowest BCUT2D eigenvalue weighted by Crippen LogP contribution is -2.49. The van der Waals surface area contributed by atoms with Crippen molar-refractivity contribution in [1.29, 1.82) is 0 Å². The van der Waals surface area contributed by atoms with Gasteiger partial charge >= 0.3 is 17.9 Å². The predicted octanol–water partition coefficient (Wildman–Crippen LogP) is 1.77. The zero-order valence-electron chi connectivity index (χ0n) is 13.4. The van der Waals surface area contributed by atoms with Gasteiger partial charge in [0.25, 0.3) is 0 Å². The minimum absolute atomic E-state index is 0.00296. The number of esters is 3. The molecular formula is C16H22O6. The highest BCUT2D eigenvalue weighted by molar-refractivity contribution is 5.89. The molecule has 0 aromatic heterocycles. The van der Waals surface area contributed by atoms with Gasteiger partial charge in [-0.05, 0) is 33.1 Å². The molecule has 0 aromatic rings. The van der Waals surface area contributed by atoms with Gasteiger partial charge in [-0.25, -0.2) is 9.59 Å². The molecule has 2 bridgehead atoms. The molecule has 0 aromatic carbocycles. The Morgan fingerprint density at radius 2 is 2.09 bits per heavy atom. The average Bonchev–Trinajstić information content (AvgIpc) is 2.65. The van der Waals surface area contributed by atoms with Gasteiger partial charge in [-0.1, -0.05) is 13.5 Å².